The normalized spacial score (nSPS) is 14.1. The molecule has 4 aromatic rings. The molecule has 1 atom stereocenters. The third-order valence-electron chi connectivity index (χ3n) is 6.56. The second-order valence-electron chi connectivity index (χ2n) is 9.11. The SMILES string of the molecule is COc1ccccc1NC(=O)C1=C(C)Nc2nc(SCc3ccccc3Cl)nn2C1c1cc(OC)c(O)c([N+](=O)[O-])c1. The second kappa shape index (κ2) is 12.0. The van der Waals surface area contributed by atoms with E-state index in [1.165, 1.54) is 42.8 Å². The molecule has 0 spiro atoms. The van der Waals surface area contributed by atoms with E-state index in [2.05, 4.69) is 20.7 Å². The van der Waals surface area contributed by atoms with Crippen molar-refractivity contribution in [1.29, 1.82) is 0 Å². The highest BCUT2D eigenvalue weighted by Gasteiger charge is 2.37. The van der Waals surface area contributed by atoms with Crippen LogP contribution in [0.2, 0.25) is 5.02 Å². The van der Waals surface area contributed by atoms with Crippen LogP contribution >= 0.6 is 23.4 Å². The average Bonchev–Trinajstić information content (AvgIpc) is 3.38. The number of nitro groups is 1. The molecule has 0 saturated heterocycles. The molecule has 5 rings (SSSR count). The molecule has 1 aliphatic rings. The molecular formula is C28H25ClN6O6S. The summed E-state index contributed by atoms with van der Waals surface area (Å²) < 4.78 is 12.1. The topological polar surface area (TPSA) is 154 Å². The molecule has 42 heavy (non-hydrogen) atoms. The lowest BCUT2D eigenvalue weighted by Gasteiger charge is -2.29. The van der Waals surface area contributed by atoms with Crippen molar-refractivity contribution in [2.75, 3.05) is 24.9 Å². The summed E-state index contributed by atoms with van der Waals surface area (Å²) in [7, 11) is 2.78. The number of aromatic hydroxyl groups is 1. The first-order valence-corrected chi connectivity index (χ1v) is 13.9. The molecule has 0 saturated carbocycles. The highest BCUT2D eigenvalue weighted by Crippen LogP contribution is 2.44. The second-order valence-corrected chi connectivity index (χ2v) is 10.5. The molecule has 216 valence electrons. The number of carbonyl (C=O) groups is 1. The van der Waals surface area contributed by atoms with Gasteiger partial charge in [0.15, 0.2) is 5.75 Å². The molecular weight excluding hydrogens is 584 g/mol. The number of phenols is 1. The van der Waals surface area contributed by atoms with Gasteiger partial charge in [-0.1, -0.05) is 53.7 Å². The fraction of sp³-hybridized carbons (Fsp3) is 0.179. The Morgan fingerprint density at radius 2 is 1.88 bits per heavy atom. The Morgan fingerprint density at radius 1 is 1.17 bits per heavy atom. The summed E-state index contributed by atoms with van der Waals surface area (Å²) in [6.45, 7) is 1.70. The molecule has 1 unspecified atom stereocenters. The number of benzene rings is 3. The summed E-state index contributed by atoms with van der Waals surface area (Å²) in [4.78, 5) is 29.6. The van der Waals surface area contributed by atoms with Crippen LogP contribution in [0.25, 0.3) is 0 Å². The Balaban J connectivity index is 1.60. The van der Waals surface area contributed by atoms with Crippen molar-refractivity contribution in [2.45, 2.75) is 23.9 Å². The Hall–Kier alpha value is -4.75. The lowest BCUT2D eigenvalue weighted by atomic mass is 9.94. The van der Waals surface area contributed by atoms with Gasteiger partial charge in [-0.25, -0.2) is 4.68 Å². The number of nitrogens with one attached hydrogen (secondary N) is 2. The molecule has 2 heterocycles. The van der Waals surface area contributed by atoms with Crippen LogP contribution in [0.3, 0.4) is 0 Å². The van der Waals surface area contributed by atoms with E-state index in [0.29, 0.717) is 39.0 Å². The lowest BCUT2D eigenvalue weighted by Crippen LogP contribution is -2.31. The number of nitrogens with zero attached hydrogens (tertiary/aromatic N) is 4. The van der Waals surface area contributed by atoms with Crippen molar-refractivity contribution in [1.82, 2.24) is 14.8 Å². The van der Waals surface area contributed by atoms with Crippen LogP contribution in [0.4, 0.5) is 17.3 Å². The summed E-state index contributed by atoms with van der Waals surface area (Å²) in [5, 5.41) is 33.9. The van der Waals surface area contributed by atoms with Gasteiger partial charge >= 0.3 is 5.69 Å². The predicted octanol–water partition coefficient (Wildman–Crippen LogP) is 5.78. The average molecular weight is 609 g/mol. The van der Waals surface area contributed by atoms with Crippen molar-refractivity contribution < 1.29 is 24.3 Å². The van der Waals surface area contributed by atoms with Gasteiger partial charge in [-0.3, -0.25) is 14.9 Å². The van der Waals surface area contributed by atoms with E-state index in [4.69, 9.17) is 21.1 Å². The van der Waals surface area contributed by atoms with Gasteiger partial charge in [0, 0.05) is 22.5 Å². The van der Waals surface area contributed by atoms with Crippen molar-refractivity contribution in [2.24, 2.45) is 0 Å². The number of allylic oxidation sites excluding steroid dienone is 1. The number of para-hydroxylation sites is 2. The number of hydrogen-bond donors (Lipinski definition) is 3. The molecule has 1 amide bonds. The summed E-state index contributed by atoms with van der Waals surface area (Å²) in [6.07, 6.45) is 0. The lowest BCUT2D eigenvalue weighted by molar-refractivity contribution is -0.386. The van der Waals surface area contributed by atoms with E-state index in [1.54, 1.807) is 37.3 Å². The van der Waals surface area contributed by atoms with E-state index >= 15 is 0 Å². The largest absolute Gasteiger partial charge is 0.500 e. The van der Waals surface area contributed by atoms with Crippen LogP contribution in [0.5, 0.6) is 17.2 Å². The first-order valence-electron chi connectivity index (χ1n) is 12.5. The zero-order valence-electron chi connectivity index (χ0n) is 22.6. The number of hydrogen-bond acceptors (Lipinski definition) is 10. The molecule has 0 bridgehead atoms. The van der Waals surface area contributed by atoms with E-state index in [0.717, 1.165) is 5.56 Å². The Morgan fingerprint density at radius 3 is 2.60 bits per heavy atom. The fourth-order valence-corrected chi connectivity index (χ4v) is 5.67. The van der Waals surface area contributed by atoms with Gasteiger partial charge in [-0.05, 0) is 42.3 Å². The summed E-state index contributed by atoms with van der Waals surface area (Å²) >= 11 is 7.66. The van der Waals surface area contributed by atoms with Gasteiger partial charge in [0.05, 0.1) is 30.4 Å². The number of phenolic OH excluding ortho intramolecular Hbond substituents is 1. The number of carbonyl (C=O) groups excluding carboxylic acids is 1. The Labute approximate surface area is 249 Å². The fourth-order valence-electron chi connectivity index (χ4n) is 4.56. The van der Waals surface area contributed by atoms with Crippen LogP contribution < -0.4 is 20.1 Å². The Bertz CT molecular complexity index is 1720. The molecule has 14 heteroatoms. The number of nitro benzene ring substituents is 1. The van der Waals surface area contributed by atoms with Gasteiger partial charge in [0.25, 0.3) is 5.91 Å². The smallest absolute Gasteiger partial charge is 0.315 e. The number of rotatable bonds is 9. The molecule has 0 aliphatic carbocycles. The van der Waals surface area contributed by atoms with Crippen molar-refractivity contribution >= 4 is 46.6 Å². The minimum atomic E-state index is -0.980. The third-order valence-corrected chi connectivity index (χ3v) is 7.81. The quantitative estimate of drug-likeness (QED) is 0.121. The summed E-state index contributed by atoms with van der Waals surface area (Å²) in [5.41, 5.74) is 1.68. The van der Waals surface area contributed by atoms with E-state index in [-0.39, 0.29) is 16.9 Å². The van der Waals surface area contributed by atoms with Crippen LogP contribution in [0, 0.1) is 10.1 Å². The van der Waals surface area contributed by atoms with E-state index < -0.39 is 28.3 Å². The standard InChI is InChI=1S/C28H25ClN6O6S/c1-15-23(26(37)31-19-10-6-7-11-21(19)40-2)24(17-12-20(35(38)39)25(36)22(13-17)41-3)34-27(30-15)32-28(33-34)42-14-16-8-4-5-9-18(16)29/h4-13,24,36H,14H2,1-3H3,(H,31,37)(H,30,32,33). The highest BCUT2D eigenvalue weighted by molar-refractivity contribution is 7.98. The maximum Gasteiger partial charge on any atom is 0.315 e. The number of ether oxygens (including phenoxy) is 2. The number of thioether (sulfide) groups is 1. The van der Waals surface area contributed by atoms with Crippen molar-refractivity contribution in [3.63, 3.8) is 0 Å². The van der Waals surface area contributed by atoms with Gasteiger partial charge in [0.2, 0.25) is 16.9 Å². The van der Waals surface area contributed by atoms with E-state index in [9.17, 15) is 20.0 Å². The van der Waals surface area contributed by atoms with Crippen LogP contribution in [0.1, 0.15) is 24.1 Å². The van der Waals surface area contributed by atoms with Gasteiger partial charge in [-0.15, -0.1) is 5.10 Å². The Kier molecular flexibility index (Phi) is 8.22. The monoisotopic (exact) mass is 608 g/mol. The van der Waals surface area contributed by atoms with Gasteiger partial charge in [-0.2, -0.15) is 4.98 Å². The number of methoxy groups -OCH3 is 2. The molecule has 1 aliphatic heterocycles. The van der Waals surface area contributed by atoms with Crippen LogP contribution in [0.15, 0.2) is 77.1 Å². The van der Waals surface area contributed by atoms with Gasteiger partial charge < -0.3 is 25.2 Å². The zero-order chi connectivity index (χ0) is 30.0. The van der Waals surface area contributed by atoms with Crippen LogP contribution in [-0.4, -0.2) is 44.9 Å². The number of amides is 1. The van der Waals surface area contributed by atoms with Crippen molar-refractivity contribution in [3.05, 3.63) is 98.2 Å². The molecule has 1 aromatic heterocycles. The van der Waals surface area contributed by atoms with Crippen molar-refractivity contribution in [3.8, 4) is 17.2 Å². The third kappa shape index (κ3) is 5.56. The highest BCUT2D eigenvalue weighted by atomic mass is 35.5. The molecule has 0 radical (unpaired) electrons. The summed E-state index contributed by atoms with van der Waals surface area (Å²) in [5.74, 6) is -0.00483. The molecule has 3 aromatic carbocycles. The van der Waals surface area contributed by atoms with E-state index in [1.807, 2.05) is 18.2 Å². The minimum absolute atomic E-state index is 0.130. The number of fused-ring (bicyclic) bond motifs is 1. The number of aromatic nitrogens is 3. The molecule has 0 fully saturated rings. The molecule has 12 nitrogen and oxygen atoms in total. The minimum Gasteiger partial charge on any atom is -0.500 e. The molecule has 3 N–H and O–H groups in total. The first-order chi connectivity index (χ1) is 20.2. The number of anilines is 2. The number of halogens is 1. The summed E-state index contributed by atoms with van der Waals surface area (Å²) in [6, 6.07) is 16.0. The first kappa shape index (κ1) is 28.8. The maximum atomic E-state index is 13.9. The predicted molar refractivity (Wildman–Crippen MR) is 158 cm³/mol. The van der Waals surface area contributed by atoms with Gasteiger partial charge in [0.1, 0.15) is 11.8 Å². The van der Waals surface area contributed by atoms with Crippen LogP contribution in [-0.2, 0) is 10.5 Å². The maximum absolute atomic E-state index is 13.9. The zero-order valence-corrected chi connectivity index (χ0v) is 24.2.